The molecule has 2 heterocycles. The Bertz CT molecular complexity index is 471. The van der Waals surface area contributed by atoms with Crippen LogP contribution in [0.3, 0.4) is 0 Å². The van der Waals surface area contributed by atoms with E-state index < -0.39 is 0 Å². The number of aromatic nitrogens is 2. The van der Waals surface area contributed by atoms with Crippen molar-refractivity contribution in [1.82, 2.24) is 9.97 Å². The highest BCUT2D eigenvalue weighted by Crippen LogP contribution is 2.23. The van der Waals surface area contributed by atoms with Gasteiger partial charge >= 0.3 is 0 Å². The van der Waals surface area contributed by atoms with Crippen molar-refractivity contribution in [3.8, 4) is 0 Å². The topological polar surface area (TPSA) is 68.3 Å². The predicted molar refractivity (Wildman–Crippen MR) is 90.8 cm³/mol. The van der Waals surface area contributed by atoms with Crippen molar-refractivity contribution in [2.24, 2.45) is 0 Å². The first-order valence-corrected chi connectivity index (χ1v) is 8.89. The van der Waals surface area contributed by atoms with Crippen LogP contribution in [0.1, 0.15) is 45.4 Å². The molecule has 0 atom stereocenters. The van der Waals surface area contributed by atoms with Crippen LogP contribution in [-0.4, -0.2) is 48.0 Å². The zero-order valence-electron chi connectivity index (χ0n) is 14.0. The predicted octanol–water partition coefficient (Wildman–Crippen LogP) is 2.83. The molecule has 1 aromatic rings. The second kappa shape index (κ2) is 8.45. The van der Waals surface area contributed by atoms with Crippen LogP contribution in [0, 0.1) is 0 Å². The molecular formula is C17H28N4O2. The van der Waals surface area contributed by atoms with Gasteiger partial charge in [0.1, 0.15) is 5.82 Å². The second-order valence-corrected chi connectivity index (χ2v) is 6.37. The van der Waals surface area contributed by atoms with Gasteiger partial charge in [-0.05, 0) is 51.5 Å². The number of rotatable bonds is 6. The second-order valence-electron chi connectivity index (χ2n) is 6.37. The van der Waals surface area contributed by atoms with Crippen LogP contribution in [0.15, 0.2) is 12.3 Å². The van der Waals surface area contributed by atoms with Crippen LogP contribution in [0.2, 0.25) is 0 Å². The first-order valence-electron chi connectivity index (χ1n) is 8.89. The zero-order chi connectivity index (χ0) is 15.9. The Morgan fingerprint density at radius 1 is 1.09 bits per heavy atom. The third-order valence-corrected chi connectivity index (χ3v) is 4.64. The van der Waals surface area contributed by atoms with E-state index >= 15 is 0 Å². The number of hydrogen-bond donors (Lipinski definition) is 2. The summed E-state index contributed by atoms with van der Waals surface area (Å²) < 4.78 is 11.1. The van der Waals surface area contributed by atoms with E-state index in [2.05, 4.69) is 27.5 Å². The summed E-state index contributed by atoms with van der Waals surface area (Å²) >= 11 is 0. The smallest absolute Gasteiger partial charge is 0.224 e. The van der Waals surface area contributed by atoms with Crippen LogP contribution >= 0.6 is 0 Å². The van der Waals surface area contributed by atoms with Gasteiger partial charge in [0.2, 0.25) is 5.95 Å². The molecule has 2 aliphatic rings. The fraction of sp³-hybridized carbons (Fsp3) is 0.765. The van der Waals surface area contributed by atoms with Gasteiger partial charge in [0, 0.05) is 38.1 Å². The Balaban J connectivity index is 1.49. The van der Waals surface area contributed by atoms with Crippen molar-refractivity contribution in [2.45, 2.75) is 63.6 Å². The molecule has 0 bridgehead atoms. The van der Waals surface area contributed by atoms with E-state index in [0.29, 0.717) is 18.2 Å². The van der Waals surface area contributed by atoms with E-state index in [9.17, 15) is 0 Å². The summed E-state index contributed by atoms with van der Waals surface area (Å²) in [7, 11) is 0. The summed E-state index contributed by atoms with van der Waals surface area (Å²) in [5.74, 6) is 1.62. The SMILES string of the molecule is CCOC1CCC(Nc2nccc(NC3CCOCC3)n2)CC1. The Hall–Kier alpha value is -1.40. The Labute approximate surface area is 138 Å². The molecule has 0 spiro atoms. The molecule has 23 heavy (non-hydrogen) atoms. The van der Waals surface area contributed by atoms with Gasteiger partial charge in [-0.15, -0.1) is 0 Å². The standard InChI is InChI=1S/C17H28N4O2/c1-2-23-15-5-3-13(4-6-15)20-17-18-10-7-16(21-17)19-14-8-11-22-12-9-14/h7,10,13-15H,2-6,8-9,11-12H2,1H3,(H2,18,19,20,21). The summed E-state index contributed by atoms with van der Waals surface area (Å²) in [5.41, 5.74) is 0. The molecule has 1 aliphatic heterocycles. The molecule has 0 amide bonds. The molecule has 128 valence electrons. The van der Waals surface area contributed by atoms with Crippen molar-refractivity contribution < 1.29 is 9.47 Å². The van der Waals surface area contributed by atoms with E-state index in [4.69, 9.17) is 9.47 Å². The van der Waals surface area contributed by atoms with Gasteiger partial charge in [-0.2, -0.15) is 4.98 Å². The minimum absolute atomic E-state index is 0.431. The number of hydrogen-bond acceptors (Lipinski definition) is 6. The molecule has 1 aromatic heterocycles. The Morgan fingerprint density at radius 2 is 1.83 bits per heavy atom. The van der Waals surface area contributed by atoms with Gasteiger partial charge in [-0.3, -0.25) is 0 Å². The lowest BCUT2D eigenvalue weighted by Gasteiger charge is -2.29. The third kappa shape index (κ3) is 5.04. The molecule has 0 radical (unpaired) electrons. The fourth-order valence-corrected chi connectivity index (χ4v) is 3.35. The fourth-order valence-electron chi connectivity index (χ4n) is 3.35. The highest BCUT2D eigenvalue weighted by atomic mass is 16.5. The Kier molecular flexibility index (Phi) is 6.05. The van der Waals surface area contributed by atoms with Crippen molar-refractivity contribution in [3.05, 3.63) is 12.3 Å². The lowest BCUT2D eigenvalue weighted by molar-refractivity contribution is 0.0346. The van der Waals surface area contributed by atoms with Gasteiger partial charge in [0.25, 0.3) is 0 Å². The van der Waals surface area contributed by atoms with E-state index in [1.165, 1.54) is 0 Å². The normalized spacial score (nSPS) is 26.0. The van der Waals surface area contributed by atoms with E-state index in [1.54, 1.807) is 0 Å². The minimum atomic E-state index is 0.431. The van der Waals surface area contributed by atoms with Gasteiger partial charge < -0.3 is 20.1 Å². The zero-order valence-corrected chi connectivity index (χ0v) is 14.0. The lowest BCUT2D eigenvalue weighted by atomic mass is 9.93. The van der Waals surface area contributed by atoms with Gasteiger partial charge in [0.15, 0.2) is 0 Å². The summed E-state index contributed by atoms with van der Waals surface area (Å²) in [5, 5.41) is 6.97. The van der Waals surface area contributed by atoms with Gasteiger partial charge in [0.05, 0.1) is 6.10 Å². The number of anilines is 2. The van der Waals surface area contributed by atoms with E-state index in [-0.39, 0.29) is 0 Å². The van der Waals surface area contributed by atoms with Crippen molar-refractivity contribution >= 4 is 11.8 Å². The minimum Gasteiger partial charge on any atom is -0.381 e. The van der Waals surface area contributed by atoms with Crippen molar-refractivity contribution in [2.75, 3.05) is 30.5 Å². The summed E-state index contributed by atoms with van der Waals surface area (Å²) in [6.07, 6.45) is 8.79. The van der Waals surface area contributed by atoms with Crippen molar-refractivity contribution in [3.63, 3.8) is 0 Å². The largest absolute Gasteiger partial charge is 0.381 e. The average molecular weight is 320 g/mol. The molecule has 2 fully saturated rings. The molecule has 2 N–H and O–H groups in total. The third-order valence-electron chi connectivity index (χ3n) is 4.64. The molecule has 1 saturated heterocycles. The van der Waals surface area contributed by atoms with Crippen LogP contribution in [0.5, 0.6) is 0 Å². The highest BCUT2D eigenvalue weighted by molar-refractivity contribution is 5.40. The van der Waals surface area contributed by atoms with Crippen LogP contribution in [-0.2, 0) is 9.47 Å². The number of nitrogens with one attached hydrogen (secondary N) is 2. The van der Waals surface area contributed by atoms with Gasteiger partial charge in [-0.25, -0.2) is 4.98 Å². The number of ether oxygens (including phenoxy) is 2. The van der Waals surface area contributed by atoms with E-state index in [0.717, 1.165) is 70.1 Å². The van der Waals surface area contributed by atoms with Gasteiger partial charge in [-0.1, -0.05) is 0 Å². The first-order chi connectivity index (χ1) is 11.3. The highest BCUT2D eigenvalue weighted by Gasteiger charge is 2.22. The summed E-state index contributed by atoms with van der Waals surface area (Å²) in [6.45, 7) is 4.54. The van der Waals surface area contributed by atoms with Crippen LogP contribution in [0.4, 0.5) is 11.8 Å². The molecule has 0 aromatic carbocycles. The maximum Gasteiger partial charge on any atom is 0.224 e. The first kappa shape index (κ1) is 16.5. The molecule has 1 saturated carbocycles. The molecule has 1 aliphatic carbocycles. The molecule has 3 rings (SSSR count). The molecule has 6 heteroatoms. The molecular weight excluding hydrogens is 292 g/mol. The summed E-state index contributed by atoms with van der Waals surface area (Å²) in [6, 6.07) is 2.84. The van der Waals surface area contributed by atoms with E-state index in [1.807, 2.05) is 12.3 Å². The maximum atomic E-state index is 5.71. The quantitative estimate of drug-likeness (QED) is 0.840. The Morgan fingerprint density at radius 3 is 2.57 bits per heavy atom. The lowest BCUT2D eigenvalue weighted by Crippen LogP contribution is -2.31. The number of nitrogens with zero attached hydrogens (tertiary/aromatic N) is 2. The monoisotopic (exact) mass is 320 g/mol. The molecule has 0 unspecified atom stereocenters. The van der Waals surface area contributed by atoms with Crippen LogP contribution < -0.4 is 10.6 Å². The maximum absolute atomic E-state index is 5.71. The van der Waals surface area contributed by atoms with Crippen molar-refractivity contribution in [1.29, 1.82) is 0 Å². The van der Waals surface area contributed by atoms with Crippen LogP contribution in [0.25, 0.3) is 0 Å². The summed E-state index contributed by atoms with van der Waals surface area (Å²) in [4.78, 5) is 8.97. The molecule has 6 nitrogen and oxygen atoms in total. The average Bonchev–Trinajstić information content (AvgIpc) is 2.58.